The Kier molecular flexibility index (Phi) is 9.02. The first-order chi connectivity index (χ1) is 25.8. The molecule has 6 aromatic rings. The lowest BCUT2D eigenvalue weighted by molar-refractivity contribution is -0.131. The van der Waals surface area contributed by atoms with Crippen molar-refractivity contribution >= 4 is 45.0 Å². The van der Waals surface area contributed by atoms with Gasteiger partial charge in [-0.3, -0.25) is 19.3 Å². The van der Waals surface area contributed by atoms with Gasteiger partial charge in [-0.15, -0.1) is 5.10 Å². The van der Waals surface area contributed by atoms with Gasteiger partial charge in [0.05, 0.1) is 37.1 Å². The van der Waals surface area contributed by atoms with Gasteiger partial charge in [-0.05, 0) is 54.3 Å². The number of amides is 2. The number of carbonyl (C=O) groups is 2. The van der Waals surface area contributed by atoms with Crippen LogP contribution < -0.4 is 9.64 Å². The van der Waals surface area contributed by atoms with E-state index < -0.39 is 11.6 Å². The molecule has 0 bridgehead atoms. The number of nitrogens with zero attached hydrogens (tertiary/aromatic N) is 8. The number of nitrogens with one attached hydrogen (secondary N) is 1. The van der Waals surface area contributed by atoms with Crippen LogP contribution in [0, 0.1) is 18.6 Å². The lowest BCUT2D eigenvalue weighted by Crippen LogP contribution is -2.49. The van der Waals surface area contributed by atoms with Crippen LogP contribution in [0.1, 0.15) is 34.6 Å². The minimum Gasteiger partial charge on any atom is -0.493 e. The maximum Gasteiger partial charge on any atom is 0.270 e. The number of piperazine rings is 1. The van der Waals surface area contributed by atoms with Gasteiger partial charge in [0.1, 0.15) is 11.5 Å². The minimum atomic E-state index is -0.493. The van der Waals surface area contributed by atoms with Crippen molar-refractivity contribution in [1.82, 2.24) is 39.7 Å². The number of benzene rings is 2. The van der Waals surface area contributed by atoms with Crippen LogP contribution in [0.15, 0.2) is 73.2 Å². The van der Waals surface area contributed by atoms with Crippen molar-refractivity contribution in [3.05, 3.63) is 102 Å². The Morgan fingerprint density at radius 3 is 2.55 bits per heavy atom. The number of carbonyl (C=O) groups excluding carboxylic acids is 2. The number of halogens is 2. The van der Waals surface area contributed by atoms with Gasteiger partial charge in [0.2, 0.25) is 5.91 Å². The number of hydrogen-bond acceptors (Lipinski definition) is 8. The van der Waals surface area contributed by atoms with Gasteiger partial charge < -0.3 is 24.4 Å². The smallest absolute Gasteiger partial charge is 0.270 e. The second kappa shape index (κ2) is 14.1. The van der Waals surface area contributed by atoms with E-state index in [2.05, 4.69) is 20.3 Å². The van der Waals surface area contributed by atoms with E-state index in [-0.39, 0.29) is 36.0 Å². The normalized spacial score (nSPS) is 14.9. The van der Waals surface area contributed by atoms with E-state index in [0.717, 1.165) is 33.9 Å². The summed E-state index contributed by atoms with van der Waals surface area (Å²) in [5.74, 6) is -0.453. The first kappa shape index (κ1) is 33.9. The fourth-order valence-corrected chi connectivity index (χ4v) is 7.33. The summed E-state index contributed by atoms with van der Waals surface area (Å²) in [7, 11) is 1.47. The molecule has 53 heavy (non-hydrogen) atoms. The number of aromatic nitrogens is 6. The molecule has 1 N–H and O–H groups in total. The number of para-hydroxylation sites is 1. The molecule has 12 nitrogen and oxygen atoms in total. The van der Waals surface area contributed by atoms with E-state index in [1.807, 2.05) is 54.3 Å². The van der Waals surface area contributed by atoms with Gasteiger partial charge >= 0.3 is 0 Å². The van der Waals surface area contributed by atoms with Crippen molar-refractivity contribution in [3.8, 4) is 16.9 Å². The Balaban J connectivity index is 1.14. The van der Waals surface area contributed by atoms with E-state index in [4.69, 9.17) is 9.72 Å². The highest BCUT2D eigenvalue weighted by Gasteiger charge is 2.29. The Morgan fingerprint density at radius 1 is 0.943 bits per heavy atom. The lowest BCUT2D eigenvalue weighted by Gasteiger charge is -2.35. The van der Waals surface area contributed by atoms with Gasteiger partial charge in [-0.2, -0.15) is 0 Å². The average molecular weight is 718 g/mol. The summed E-state index contributed by atoms with van der Waals surface area (Å²) in [4.78, 5) is 44.9. The number of anilines is 1. The second-order valence-corrected chi connectivity index (χ2v) is 13.3. The van der Waals surface area contributed by atoms with Crippen molar-refractivity contribution in [2.75, 3.05) is 51.3 Å². The summed E-state index contributed by atoms with van der Waals surface area (Å²) in [5.41, 5.74) is 4.77. The van der Waals surface area contributed by atoms with Crippen LogP contribution in [0.2, 0.25) is 0 Å². The zero-order valence-electron chi connectivity index (χ0n) is 29.4. The fourth-order valence-electron chi connectivity index (χ4n) is 7.33. The molecular formula is C39H37F2N9O3. The Labute approximate surface area is 303 Å². The van der Waals surface area contributed by atoms with Gasteiger partial charge in [-0.25, -0.2) is 13.8 Å². The Hall–Kier alpha value is -6.18. The number of fused-ring (bicyclic) bond motifs is 2. The van der Waals surface area contributed by atoms with Crippen LogP contribution >= 0.6 is 0 Å². The second-order valence-electron chi connectivity index (χ2n) is 13.3. The lowest BCUT2D eigenvalue weighted by atomic mass is 9.91. The summed E-state index contributed by atoms with van der Waals surface area (Å²) in [6.45, 7) is 4.76. The molecule has 2 aliphatic rings. The van der Waals surface area contributed by atoms with Crippen molar-refractivity contribution < 1.29 is 23.1 Å². The SMILES string of the molecule is COc1cc(F)cnc1N1CCN(C(=O)c2cc3c(-c4cc(C)nc5ccccc45)cc(C4=CCCN(C(=O)CCn5ccnn5)C4)c(F)c3[nH]2)CC1. The van der Waals surface area contributed by atoms with E-state index in [0.29, 0.717) is 73.8 Å². The molecule has 6 heterocycles. The summed E-state index contributed by atoms with van der Waals surface area (Å²) >= 11 is 0. The van der Waals surface area contributed by atoms with Crippen molar-refractivity contribution in [3.63, 3.8) is 0 Å². The monoisotopic (exact) mass is 717 g/mol. The number of rotatable bonds is 8. The molecule has 0 saturated carbocycles. The van der Waals surface area contributed by atoms with E-state index in [1.54, 1.807) is 32.9 Å². The van der Waals surface area contributed by atoms with Gasteiger partial charge in [-0.1, -0.05) is 29.5 Å². The van der Waals surface area contributed by atoms with Gasteiger partial charge in [0, 0.05) is 80.0 Å². The first-order valence-electron chi connectivity index (χ1n) is 17.5. The summed E-state index contributed by atoms with van der Waals surface area (Å²) in [5, 5.41) is 9.23. The molecule has 1 saturated heterocycles. The predicted molar refractivity (Wildman–Crippen MR) is 196 cm³/mol. The molecule has 4 aromatic heterocycles. The topological polar surface area (TPSA) is 125 Å². The molecular weight excluding hydrogens is 680 g/mol. The molecule has 270 valence electrons. The molecule has 1 fully saturated rings. The molecule has 2 amide bonds. The van der Waals surface area contributed by atoms with Crippen LogP contribution in [0.5, 0.6) is 5.75 Å². The number of aromatic amines is 1. The number of hydrogen-bond donors (Lipinski definition) is 1. The maximum absolute atomic E-state index is 16.9. The first-order valence-corrected chi connectivity index (χ1v) is 17.5. The number of aryl methyl sites for hydroxylation is 2. The Morgan fingerprint density at radius 2 is 1.75 bits per heavy atom. The van der Waals surface area contributed by atoms with Crippen LogP contribution in [0.4, 0.5) is 14.6 Å². The molecule has 0 spiro atoms. The molecule has 2 aliphatic heterocycles. The third kappa shape index (κ3) is 6.56. The molecule has 2 aromatic carbocycles. The number of pyridine rings is 2. The highest BCUT2D eigenvalue weighted by Crippen LogP contribution is 2.40. The number of ether oxygens (including phenoxy) is 1. The molecule has 14 heteroatoms. The van der Waals surface area contributed by atoms with E-state index in [1.165, 1.54) is 13.2 Å². The molecule has 0 unspecified atom stereocenters. The van der Waals surface area contributed by atoms with Crippen molar-refractivity contribution in [2.24, 2.45) is 0 Å². The standard InChI is InChI=1S/C39H37F2N9O3/c1-24-18-29(27-7-3-4-8-32(27)44-24)30-20-28(25-6-5-11-49(23-25)35(51)9-12-50-13-10-43-46-50)36(41)37-31(30)21-33(45-37)39(52)48-16-14-47(15-17-48)38-34(53-2)19-26(40)22-42-38/h3-4,6-8,10,13,18-22,45H,5,9,11-12,14-17,23H2,1-2H3. The third-order valence-corrected chi connectivity index (χ3v) is 9.98. The third-order valence-electron chi connectivity index (χ3n) is 9.98. The molecule has 0 radical (unpaired) electrons. The minimum absolute atomic E-state index is 0.0509. The maximum atomic E-state index is 16.9. The molecule has 8 rings (SSSR count). The van der Waals surface area contributed by atoms with Crippen LogP contribution in [-0.2, 0) is 11.3 Å². The molecule has 0 aliphatic carbocycles. The highest BCUT2D eigenvalue weighted by atomic mass is 19.1. The van der Waals surface area contributed by atoms with Crippen LogP contribution in [-0.4, -0.2) is 97.9 Å². The van der Waals surface area contributed by atoms with Gasteiger partial charge in [0.25, 0.3) is 5.91 Å². The van der Waals surface area contributed by atoms with Crippen molar-refractivity contribution in [2.45, 2.75) is 26.3 Å². The largest absolute Gasteiger partial charge is 0.493 e. The zero-order valence-corrected chi connectivity index (χ0v) is 29.4. The quantitative estimate of drug-likeness (QED) is 0.215. The van der Waals surface area contributed by atoms with Crippen LogP contribution in [0.3, 0.4) is 0 Å². The van der Waals surface area contributed by atoms with Crippen LogP contribution in [0.25, 0.3) is 38.5 Å². The van der Waals surface area contributed by atoms with Crippen molar-refractivity contribution in [1.29, 1.82) is 0 Å². The summed E-state index contributed by atoms with van der Waals surface area (Å²) in [6, 6.07) is 14.7. The van der Waals surface area contributed by atoms with Gasteiger partial charge in [0.15, 0.2) is 17.4 Å². The number of H-pyrrole nitrogens is 1. The fraction of sp³-hybridized carbons (Fsp3) is 0.282. The highest BCUT2D eigenvalue weighted by molar-refractivity contribution is 6.08. The predicted octanol–water partition coefficient (Wildman–Crippen LogP) is 5.63. The summed E-state index contributed by atoms with van der Waals surface area (Å²) in [6.07, 6.45) is 7.24. The Bertz CT molecular complexity index is 2380. The number of methoxy groups -OCH3 is 1. The molecule has 0 atom stereocenters. The van der Waals surface area contributed by atoms with E-state index >= 15 is 4.39 Å². The summed E-state index contributed by atoms with van der Waals surface area (Å²) < 4.78 is 37.6. The zero-order chi connectivity index (χ0) is 36.6. The average Bonchev–Trinajstić information content (AvgIpc) is 3.88. The van der Waals surface area contributed by atoms with E-state index in [9.17, 15) is 14.0 Å².